The van der Waals surface area contributed by atoms with E-state index in [1.807, 2.05) is 5.32 Å². The lowest BCUT2D eigenvalue weighted by molar-refractivity contribution is -0.137. The fourth-order valence-corrected chi connectivity index (χ4v) is 2.35. The van der Waals surface area contributed by atoms with Gasteiger partial charge in [-0.15, -0.1) is 0 Å². The molecular formula is C14H7F7N2OS. The summed E-state index contributed by atoms with van der Waals surface area (Å²) in [7, 11) is 0. The number of thioether (sulfide) groups is 1. The van der Waals surface area contributed by atoms with Gasteiger partial charge in [0.1, 0.15) is 10.8 Å². The van der Waals surface area contributed by atoms with E-state index in [1.165, 1.54) is 0 Å². The highest BCUT2D eigenvalue weighted by Crippen LogP contribution is 2.37. The van der Waals surface area contributed by atoms with Crippen molar-refractivity contribution in [2.75, 3.05) is 5.32 Å². The minimum absolute atomic E-state index is 0.347. The number of nitrogens with one attached hydrogen (secondary N) is 1. The maximum absolute atomic E-state index is 13.6. The number of halogens is 7. The summed E-state index contributed by atoms with van der Waals surface area (Å²) in [5.74, 6) is -2.40. The minimum atomic E-state index is -4.78. The lowest BCUT2D eigenvalue weighted by Crippen LogP contribution is -2.16. The van der Waals surface area contributed by atoms with Gasteiger partial charge in [0.2, 0.25) is 0 Å². The predicted octanol–water partition coefficient (Wildman–Crippen LogP) is 5.10. The molecule has 1 aromatic carbocycles. The van der Waals surface area contributed by atoms with Crippen molar-refractivity contribution in [3.63, 3.8) is 0 Å². The summed E-state index contributed by atoms with van der Waals surface area (Å²) >= 11 is -0.668. The van der Waals surface area contributed by atoms with Crippen molar-refractivity contribution < 1.29 is 35.5 Å². The molecule has 2 rings (SSSR count). The number of hydrogen-bond donors (Lipinski definition) is 1. The monoisotopic (exact) mass is 384 g/mol. The lowest BCUT2D eigenvalue weighted by atomic mass is 10.1. The number of carbonyl (C=O) groups excluding carboxylic acids is 1. The van der Waals surface area contributed by atoms with E-state index in [0.29, 0.717) is 18.2 Å². The molecule has 0 atom stereocenters. The molecule has 0 saturated heterocycles. The normalized spacial score (nSPS) is 12.1. The van der Waals surface area contributed by atoms with Gasteiger partial charge in [-0.05, 0) is 30.3 Å². The van der Waals surface area contributed by atoms with Crippen molar-refractivity contribution in [2.24, 2.45) is 0 Å². The Kier molecular flexibility index (Phi) is 5.26. The summed E-state index contributed by atoms with van der Waals surface area (Å²) in [4.78, 5) is 15.5. The fraction of sp³-hybridized carbons (Fsp3) is 0.143. The largest absolute Gasteiger partial charge is 0.447 e. The van der Waals surface area contributed by atoms with Gasteiger partial charge in [0.15, 0.2) is 0 Å². The third-order valence-corrected chi connectivity index (χ3v) is 3.52. The Balaban J connectivity index is 2.32. The second kappa shape index (κ2) is 6.90. The number of hydrogen-bond acceptors (Lipinski definition) is 3. The molecule has 1 aromatic heterocycles. The Morgan fingerprint density at radius 2 is 1.76 bits per heavy atom. The van der Waals surface area contributed by atoms with Crippen LogP contribution in [0.4, 0.5) is 36.4 Å². The van der Waals surface area contributed by atoms with Crippen LogP contribution in [0.25, 0.3) is 0 Å². The molecule has 1 heterocycles. The average molecular weight is 384 g/mol. The van der Waals surface area contributed by atoms with E-state index < -0.39 is 57.0 Å². The Morgan fingerprint density at radius 1 is 1.08 bits per heavy atom. The maximum atomic E-state index is 13.6. The molecule has 11 heteroatoms. The summed E-state index contributed by atoms with van der Waals surface area (Å²) < 4.78 is 88.9. The zero-order valence-corrected chi connectivity index (χ0v) is 12.7. The van der Waals surface area contributed by atoms with Gasteiger partial charge >= 0.3 is 11.7 Å². The molecule has 3 nitrogen and oxygen atoms in total. The van der Waals surface area contributed by atoms with Gasteiger partial charge in [-0.25, -0.2) is 9.37 Å². The molecule has 0 radical (unpaired) electrons. The molecule has 1 N–H and O–H groups in total. The second-order valence-electron chi connectivity index (χ2n) is 4.55. The molecule has 0 aliphatic carbocycles. The summed E-state index contributed by atoms with van der Waals surface area (Å²) in [6, 6.07) is 3.47. The van der Waals surface area contributed by atoms with Crippen LogP contribution in [-0.2, 0) is 6.18 Å². The number of amides is 1. The first-order valence-electron chi connectivity index (χ1n) is 6.36. The van der Waals surface area contributed by atoms with Gasteiger partial charge in [-0.3, -0.25) is 4.79 Å². The van der Waals surface area contributed by atoms with E-state index in [1.54, 1.807) is 0 Å². The zero-order valence-electron chi connectivity index (χ0n) is 11.9. The number of carbonyl (C=O) groups is 1. The van der Waals surface area contributed by atoms with Crippen LogP contribution in [0.1, 0.15) is 15.9 Å². The highest BCUT2D eigenvalue weighted by Gasteiger charge is 2.33. The predicted molar refractivity (Wildman–Crippen MR) is 75.5 cm³/mol. The van der Waals surface area contributed by atoms with Crippen molar-refractivity contribution in [3.8, 4) is 0 Å². The van der Waals surface area contributed by atoms with Crippen LogP contribution in [0.2, 0.25) is 0 Å². The van der Waals surface area contributed by atoms with Gasteiger partial charge in [0, 0.05) is 18.0 Å². The third kappa shape index (κ3) is 5.08. The lowest BCUT2D eigenvalue weighted by Gasteiger charge is -2.12. The Hall–Kier alpha value is -2.30. The summed E-state index contributed by atoms with van der Waals surface area (Å²) in [5.41, 5.74) is -7.32. The molecule has 1 amide bonds. The van der Waals surface area contributed by atoms with Crippen LogP contribution >= 0.6 is 11.8 Å². The number of pyridine rings is 1. The standard InChI is InChI=1S/C14H7F7N2OS/c15-9-4-3-7(13(16,17)18)6-10(9)23-11(24)8-2-1-5-22-12(8)25-14(19,20)21/h1-6H,(H,23,24). The number of benzene rings is 1. The van der Waals surface area contributed by atoms with Gasteiger partial charge < -0.3 is 5.32 Å². The summed E-state index contributed by atoms with van der Waals surface area (Å²) in [6.45, 7) is 0. The highest BCUT2D eigenvalue weighted by molar-refractivity contribution is 8.00. The van der Waals surface area contributed by atoms with Gasteiger partial charge in [0.05, 0.1) is 16.8 Å². The van der Waals surface area contributed by atoms with E-state index in [4.69, 9.17) is 0 Å². The van der Waals surface area contributed by atoms with Crippen LogP contribution in [0.5, 0.6) is 0 Å². The van der Waals surface area contributed by atoms with Crippen LogP contribution in [0.15, 0.2) is 41.6 Å². The molecule has 0 fully saturated rings. The number of anilines is 1. The van der Waals surface area contributed by atoms with Gasteiger partial charge in [-0.1, -0.05) is 0 Å². The van der Waals surface area contributed by atoms with E-state index in [-0.39, 0.29) is 0 Å². The molecule has 0 spiro atoms. The Labute approximate surface area is 140 Å². The molecule has 0 bridgehead atoms. The number of nitrogens with zero attached hydrogens (tertiary/aromatic N) is 1. The zero-order chi connectivity index (χ0) is 18.8. The molecule has 0 unspecified atom stereocenters. The molecule has 2 aromatic rings. The highest BCUT2D eigenvalue weighted by atomic mass is 32.2. The first-order chi connectivity index (χ1) is 11.5. The van der Waals surface area contributed by atoms with Crippen molar-refractivity contribution in [1.29, 1.82) is 0 Å². The topological polar surface area (TPSA) is 42.0 Å². The number of aromatic nitrogens is 1. The maximum Gasteiger partial charge on any atom is 0.447 e. The molecule has 0 saturated carbocycles. The molecule has 134 valence electrons. The average Bonchev–Trinajstić information content (AvgIpc) is 2.47. The number of alkyl halides is 6. The van der Waals surface area contributed by atoms with Gasteiger partial charge in [0.25, 0.3) is 5.91 Å². The molecule has 0 aliphatic rings. The smallest absolute Gasteiger partial charge is 0.319 e. The van der Waals surface area contributed by atoms with Gasteiger partial charge in [-0.2, -0.15) is 26.3 Å². The molecule has 25 heavy (non-hydrogen) atoms. The Morgan fingerprint density at radius 3 is 2.36 bits per heavy atom. The molecular weight excluding hydrogens is 377 g/mol. The first kappa shape index (κ1) is 19.0. The van der Waals surface area contributed by atoms with E-state index in [0.717, 1.165) is 18.3 Å². The van der Waals surface area contributed by atoms with Crippen molar-refractivity contribution >= 4 is 23.4 Å². The number of rotatable bonds is 3. The second-order valence-corrected chi connectivity index (χ2v) is 5.60. The SMILES string of the molecule is O=C(Nc1cc(C(F)(F)F)ccc1F)c1cccnc1SC(F)(F)F. The van der Waals surface area contributed by atoms with Crippen LogP contribution in [0, 0.1) is 5.82 Å². The van der Waals surface area contributed by atoms with E-state index in [9.17, 15) is 35.5 Å². The summed E-state index contributed by atoms with van der Waals surface area (Å²) in [5, 5.41) is 1.12. The van der Waals surface area contributed by atoms with Crippen LogP contribution < -0.4 is 5.32 Å². The minimum Gasteiger partial charge on any atom is -0.319 e. The van der Waals surface area contributed by atoms with E-state index >= 15 is 0 Å². The van der Waals surface area contributed by atoms with Crippen LogP contribution in [-0.4, -0.2) is 16.4 Å². The van der Waals surface area contributed by atoms with Crippen molar-refractivity contribution in [3.05, 3.63) is 53.5 Å². The first-order valence-corrected chi connectivity index (χ1v) is 7.18. The quantitative estimate of drug-likeness (QED) is 0.591. The fourth-order valence-electron chi connectivity index (χ4n) is 1.74. The summed E-state index contributed by atoms with van der Waals surface area (Å²) in [6.07, 6.45) is -3.77. The Bertz CT molecular complexity index is 789. The third-order valence-electron chi connectivity index (χ3n) is 2.77. The van der Waals surface area contributed by atoms with Crippen molar-refractivity contribution in [2.45, 2.75) is 16.7 Å². The van der Waals surface area contributed by atoms with E-state index in [2.05, 4.69) is 4.98 Å². The van der Waals surface area contributed by atoms with Crippen LogP contribution in [0.3, 0.4) is 0 Å². The van der Waals surface area contributed by atoms with Crippen molar-refractivity contribution in [1.82, 2.24) is 4.98 Å². The molecule has 0 aliphatic heterocycles.